The highest BCUT2D eigenvalue weighted by Gasteiger charge is 2.29. The molecule has 0 radical (unpaired) electrons. The summed E-state index contributed by atoms with van der Waals surface area (Å²) in [5.74, 6) is 0.373. The Bertz CT molecular complexity index is 1150. The molecule has 0 saturated carbocycles. The van der Waals surface area contributed by atoms with Crippen LogP contribution in [0.5, 0.6) is 0 Å². The lowest BCUT2D eigenvalue weighted by Crippen LogP contribution is -2.30. The number of hydrogen-bond donors (Lipinski definition) is 1. The predicted octanol–water partition coefficient (Wildman–Crippen LogP) is 2.76. The standard InChI is InChI=1S/C25H32N6O2/c1-16(2)27-24(32)8-7-21-17(3)28-23-13-22(29-31(23)18(21)4)20-9-11-30(15-20)25(33)12-19-6-5-10-26-14-19/h5-6,10,13-14,16,20H,7-9,11-12,15H2,1-4H3,(H,27,32). The number of aromatic nitrogens is 4. The Hall–Kier alpha value is -3.29. The van der Waals surface area contributed by atoms with Crippen molar-refractivity contribution in [3.63, 3.8) is 0 Å². The molecule has 1 saturated heterocycles. The number of carbonyl (C=O) groups is 2. The van der Waals surface area contributed by atoms with Crippen LogP contribution in [0.25, 0.3) is 5.65 Å². The number of nitrogens with zero attached hydrogens (tertiary/aromatic N) is 5. The van der Waals surface area contributed by atoms with Gasteiger partial charge in [-0.25, -0.2) is 9.50 Å². The Morgan fingerprint density at radius 2 is 2.09 bits per heavy atom. The molecule has 1 unspecified atom stereocenters. The normalized spacial score (nSPS) is 16.0. The van der Waals surface area contributed by atoms with Crippen molar-refractivity contribution in [2.45, 2.75) is 65.3 Å². The number of amides is 2. The van der Waals surface area contributed by atoms with E-state index in [1.54, 1.807) is 12.4 Å². The SMILES string of the molecule is Cc1nc2cc(C3CCN(C(=O)Cc4cccnc4)C3)nn2c(C)c1CCC(=O)NC(C)C. The molecule has 1 fully saturated rings. The molecule has 0 aromatic carbocycles. The van der Waals surface area contributed by atoms with E-state index in [1.807, 2.05) is 55.3 Å². The van der Waals surface area contributed by atoms with Crippen LogP contribution < -0.4 is 5.32 Å². The lowest BCUT2D eigenvalue weighted by atomic mass is 10.1. The largest absolute Gasteiger partial charge is 0.354 e. The first-order valence-electron chi connectivity index (χ1n) is 11.6. The fourth-order valence-electron chi connectivity index (χ4n) is 4.56. The summed E-state index contributed by atoms with van der Waals surface area (Å²) in [6.45, 7) is 9.35. The molecule has 8 heteroatoms. The van der Waals surface area contributed by atoms with Crippen LogP contribution in [-0.4, -0.2) is 55.4 Å². The topological polar surface area (TPSA) is 92.5 Å². The van der Waals surface area contributed by atoms with Crippen LogP contribution in [0.4, 0.5) is 0 Å². The molecule has 1 atom stereocenters. The molecule has 2 amide bonds. The van der Waals surface area contributed by atoms with Crippen molar-refractivity contribution in [1.29, 1.82) is 0 Å². The maximum Gasteiger partial charge on any atom is 0.227 e. The van der Waals surface area contributed by atoms with Crippen LogP contribution in [0.15, 0.2) is 30.6 Å². The molecule has 3 aromatic heterocycles. The van der Waals surface area contributed by atoms with Crippen molar-refractivity contribution in [3.8, 4) is 0 Å². The molecule has 8 nitrogen and oxygen atoms in total. The van der Waals surface area contributed by atoms with Crippen LogP contribution >= 0.6 is 0 Å². The second-order valence-corrected chi connectivity index (χ2v) is 9.19. The van der Waals surface area contributed by atoms with Crippen molar-refractivity contribution in [2.24, 2.45) is 0 Å². The zero-order valence-corrected chi connectivity index (χ0v) is 19.8. The number of likely N-dealkylation sites (tertiary alicyclic amines) is 1. The van der Waals surface area contributed by atoms with Gasteiger partial charge in [-0.05, 0) is 57.7 Å². The van der Waals surface area contributed by atoms with Crippen molar-refractivity contribution in [2.75, 3.05) is 13.1 Å². The molecule has 4 heterocycles. The van der Waals surface area contributed by atoms with Gasteiger partial charge in [0.15, 0.2) is 5.65 Å². The smallest absolute Gasteiger partial charge is 0.227 e. The fourth-order valence-corrected chi connectivity index (χ4v) is 4.56. The van der Waals surface area contributed by atoms with Gasteiger partial charge in [0, 0.05) is 61.3 Å². The van der Waals surface area contributed by atoms with Gasteiger partial charge in [0.1, 0.15) is 0 Å². The molecule has 0 bridgehead atoms. The van der Waals surface area contributed by atoms with Crippen molar-refractivity contribution < 1.29 is 9.59 Å². The molecular weight excluding hydrogens is 416 g/mol. The minimum atomic E-state index is 0.0482. The maximum atomic E-state index is 12.7. The number of rotatable bonds is 7. The average Bonchev–Trinajstić information content (AvgIpc) is 3.41. The summed E-state index contributed by atoms with van der Waals surface area (Å²) in [6.07, 6.45) is 5.79. The van der Waals surface area contributed by atoms with Crippen molar-refractivity contribution >= 4 is 17.5 Å². The second kappa shape index (κ2) is 9.68. The average molecular weight is 449 g/mol. The van der Waals surface area contributed by atoms with E-state index in [4.69, 9.17) is 10.1 Å². The van der Waals surface area contributed by atoms with E-state index in [-0.39, 0.29) is 23.8 Å². The Labute approximate surface area is 194 Å². The molecule has 0 aliphatic carbocycles. The number of pyridine rings is 1. The van der Waals surface area contributed by atoms with Crippen LogP contribution in [-0.2, 0) is 22.4 Å². The van der Waals surface area contributed by atoms with Crippen molar-refractivity contribution in [3.05, 3.63) is 58.8 Å². The summed E-state index contributed by atoms with van der Waals surface area (Å²) in [5, 5.41) is 7.80. The monoisotopic (exact) mass is 448 g/mol. The first-order valence-corrected chi connectivity index (χ1v) is 11.6. The van der Waals surface area contributed by atoms with Crippen LogP contribution in [0.3, 0.4) is 0 Å². The van der Waals surface area contributed by atoms with E-state index < -0.39 is 0 Å². The van der Waals surface area contributed by atoms with E-state index in [9.17, 15) is 9.59 Å². The van der Waals surface area contributed by atoms with Gasteiger partial charge in [-0.15, -0.1) is 0 Å². The van der Waals surface area contributed by atoms with E-state index in [0.29, 0.717) is 25.8 Å². The van der Waals surface area contributed by atoms with Gasteiger partial charge in [-0.3, -0.25) is 14.6 Å². The van der Waals surface area contributed by atoms with E-state index >= 15 is 0 Å². The molecular formula is C25H32N6O2. The molecule has 1 aliphatic rings. The summed E-state index contributed by atoms with van der Waals surface area (Å²) in [4.78, 5) is 35.6. The predicted molar refractivity (Wildman–Crippen MR) is 126 cm³/mol. The highest BCUT2D eigenvalue weighted by molar-refractivity contribution is 5.79. The van der Waals surface area contributed by atoms with Crippen LogP contribution in [0.1, 0.15) is 60.8 Å². The molecule has 0 spiro atoms. The van der Waals surface area contributed by atoms with Gasteiger partial charge in [-0.1, -0.05) is 6.07 Å². The minimum absolute atomic E-state index is 0.0482. The van der Waals surface area contributed by atoms with Crippen LogP contribution in [0.2, 0.25) is 0 Å². The van der Waals surface area contributed by atoms with Gasteiger partial charge in [0.25, 0.3) is 0 Å². The minimum Gasteiger partial charge on any atom is -0.354 e. The van der Waals surface area contributed by atoms with Gasteiger partial charge in [-0.2, -0.15) is 5.10 Å². The van der Waals surface area contributed by atoms with E-state index in [0.717, 1.165) is 46.8 Å². The molecule has 1 N–H and O–H groups in total. The van der Waals surface area contributed by atoms with Gasteiger partial charge in [0.05, 0.1) is 12.1 Å². The molecule has 3 aromatic rings. The third-order valence-corrected chi connectivity index (χ3v) is 6.27. The fraction of sp³-hybridized carbons (Fsp3) is 0.480. The van der Waals surface area contributed by atoms with Crippen molar-refractivity contribution in [1.82, 2.24) is 29.8 Å². The number of hydrogen-bond acceptors (Lipinski definition) is 5. The zero-order valence-electron chi connectivity index (χ0n) is 19.8. The van der Waals surface area contributed by atoms with Gasteiger partial charge < -0.3 is 10.2 Å². The first kappa shape index (κ1) is 22.9. The Morgan fingerprint density at radius 1 is 1.27 bits per heavy atom. The molecule has 4 rings (SSSR count). The third kappa shape index (κ3) is 5.21. The number of nitrogens with one attached hydrogen (secondary N) is 1. The van der Waals surface area contributed by atoms with Gasteiger partial charge in [0.2, 0.25) is 11.8 Å². The lowest BCUT2D eigenvalue weighted by molar-refractivity contribution is -0.129. The lowest BCUT2D eigenvalue weighted by Gasteiger charge is -2.16. The van der Waals surface area contributed by atoms with E-state index in [1.165, 1.54) is 0 Å². The third-order valence-electron chi connectivity index (χ3n) is 6.27. The molecule has 33 heavy (non-hydrogen) atoms. The Morgan fingerprint density at radius 3 is 2.82 bits per heavy atom. The highest BCUT2D eigenvalue weighted by atomic mass is 16.2. The Balaban J connectivity index is 1.46. The maximum absolute atomic E-state index is 12.7. The zero-order chi connectivity index (χ0) is 23.5. The Kier molecular flexibility index (Phi) is 6.72. The first-order chi connectivity index (χ1) is 15.8. The van der Waals surface area contributed by atoms with Crippen LogP contribution in [0, 0.1) is 13.8 Å². The van der Waals surface area contributed by atoms with E-state index in [2.05, 4.69) is 10.3 Å². The second-order valence-electron chi connectivity index (χ2n) is 9.19. The summed E-state index contributed by atoms with van der Waals surface area (Å²) in [5.41, 5.74) is 5.73. The summed E-state index contributed by atoms with van der Waals surface area (Å²) in [6, 6.07) is 5.96. The number of aryl methyl sites for hydroxylation is 2. The highest BCUT2D eigenvalue weighted by Crippen LogP contribution is 2.28. The summed E-state index contributed by atoms with van der Waals surface area (Å²) in [7, 11) is 0. The number of fused-ring (bicyclic) bond motifs is 1. The quantitative estimate of drug-likeness (QED) is 0.600. The molecule has 1 aliphatic heterocycles. The molecule has 174 valence electrons. The number of carbonyl (C=O) groups excluding carboxylic acids is 2. The summed E-state index contributed by atoms with van der Waals surface area (Å²) < 4.78 is 1.89. The summed E-state index contributed by atoms with van der Waals surface area (Å²) >= 11 is 0. The van der Waals surface area contributed by atoms with Gasteiger partial charge >= 0.3 is 0 Å².